The largest absolute Gasteiger partial charge is 0.378 e. The summed E-state index contributed by atoms with van der Waals surface area (Å²) in [5, 5.41) is 3.32. The maximum absolute atomic E-state index is 5.37. The fourth-order valence-corrected chi connectivity index (χ4v) is 2.47. The summed E-state index contributed by atoms with van der Waals surface area (Å²) >= 11 is 3.43. The quantitative estimate of drug-likeness (QED) is 0.923. The second-order valence-corrected chi connectivity index (χ2v) is 5.84. The molecule has 0 aliphatic carbocycles. The minimum Gasteiger partial charge on any atom is -0.378 e. The van der Waals surface area contributed by atoms with Crippen molar-refractivity contribution in [3.63, 3.8) is 0 Å². The molecule has 5 nitrogen and oxygen atoms in total. The molecule has 1 aliphatic rings. The molecule has 1 N–H and O–H groups in total. The second-order valence-electron chi connectivity index (χ2n) is 4.93. The Morgan fingerprint density at radius 2 is 1.86 bits per heavy atom. The molecule has 3 rings (SSSR count). The molecule has 21 heavy (non-hydrogen) atoms. The van der Waals surface area contributed by atoms with E-state index in [9.17, 15) is 0 Å². The molecule has 6 heteroatoms. The van der Waals surface area contributed by atoms with Gasteiger partial charge < -0.3 is 15.0 Å². The average Bonchev–Trinajstić information content (AvgIpc) is 2.50. The maximum Gasteiger partial charge on any atom is 0.227 e. The van der Waals surface area contributed by atoms with Crippen molar-refractivity contribution in [1.82, 2.24) is 9.97 Å². The van der Waals surface area contributed by atoms with Crippen LogP contribution in [-0.2, 0) is 4.74 Å². The molecule has 0 radical (unpaired) electrons. The predicted octanol–water partition coefficient (Wildman–Crippen LogP) is 3.13. The van der Waals surface area contributed by atoms with Crippen molar-refractivity contribution in [3.8, 4) is 0 Å². The predicted molar refractivity (Wildman–Crippen MR) is 87.2 cm³/mol. The number of halogens is 1. The van der Waals surface area contributed by atoms with Crippen molar-refractivity contribution in [2.45, 2.75) is 6.92 Å². The lowest BCUT2D eigenvalue weighted by atomic mass is 10.3. The SMILES string of the molecule is Cc1cc(Nc2ccc(Br)cc2)nc(N2CCOCC2)n1. The number of hydrogen-bond donors (Lipinski definition) is 1. The Hall–Kier alpha value is -1.66. The van der Waals surface area contributed by atoms with E-state index in [1.54, 1.807) is 0 Å². The van der Waals surface area contributed by atoms with Crippen LogP contribution in [0.4, 0.5) is 17.5 Å². The van der Waals surface area contributed by atoms with Crippen LogP contribution in [0.1, 0.15) is 5.69 Å². The van der Waals surface area contributed by atoms with Crippen LogP contribution in [-0.4, -0.2) is 36.3 Å². The van der Waals surface area contributed by atoms with E-state index >= 15 is 0 Å². The number of anilines is 3. The van der Waals surface area contributed by atoms with Gasteiger partial charge in [-0.25, -0.2) is 4.98 Å². The fourth-order valence-electron chi connectivity index (χ4n) is 2.20. The summed E-state index contributed by atoms with van der Waals surface area (Å²) in [5.74, 6) is 1.57. The van der Waals surface area contributed by atoms with Crippen molar-refractivity contribution in [3.05, 3.63) is 40.5 Å². The monoisotopic (exact) mass is 348 g/mol. The maximum atomic E-state index is 5.37. The highest BCUT2D eigenvalue weighted by Crippen LogP contribution is 2.20. The molecule has 110 valence electrons. The zero-order chi connectivity index (χ0) is 14.7. The summed E-state index contributed by atoms with van der Waals surface area (Å²) in [6, 6.07) is 9.97. The van der Waals surface area contributed by atoms with Gasteiger partial charge in [0.1, 0.15) is 5.82 Å². The normalized spacial score (nSPS) is 15.0. The van der Waals surface area contributed by atoms with Gasteiger partial charge in [-0.3, -0.25) is 0 Å². The molecule has 1 saturated heterocycles. The van der Waals surface area contributed by atoms with E-state index in [4.69, 9.17) is 4.74 Å². The van der Waals surface area contributed by atoms with E-state index in [0.29, 0.717) is 0 Å². The summed E-state index contributed by atoms with van der Waals surface area (Å²) < 4.78 is 6.43. The molecule has 1 fully saturated rings. The molecule has 2 heterocycles. The minimum absolute atomic E-state index is 0.729. The van der Waals surface area contributed by atoms with Gasteiger partial charge in [0.15, 0.2) is 0 Å². The number of benzene rings is 1. The van der Waals surface area contributed by atoms with Crippen molar-refractivity contribution < 1.29 is 4.74 Å². The number of ether oxygens (including phenoxy) is 1. The number of nitrogens with one attached hydrogen (secondary N) is 1. The summed E-state index contributed by atoms with van der Waals surface area (Å²) in [6.45, 7) is 5.11. The summed E-state index contributed by atoms with van der Waals surface area (Å²) in [5.41, 5.74) is 1.95. The molecule has 2 aromatic rings. The van der Waals surface area contributed by atoms with Crippen LogP contribution in [0.2, 0.25) is 0 Å². The molecule has 1 aromatic carbocycles. The highest BCUT2D eigenvalue weighted by atomic mass is 79.9. The third-order valence-electron chi connectivity index (χ3n) is 3.25. The number of aromatic nitrogens is 2. The second kappa shape index (κ2) is 6.41. The van der Waals surface area contributed by atoms with E-state index in [2.05, 4.69) is 36.1 Å². The van der Waals surface area contributed by atoms with Gasteiger partial charge in [0.2, 0.25) is 5.95 Å². The summed E-state index contributed by atoms with van der Waals surface area (Å²) in [7, 11) is 0. The molecule has 0 atom stereocenters. The first kappa shape index (κ1) is 14.3. The molecular weight excluding hydrogens is 332 g/mol. The summed E-state index contributed by atoms with van der Waals surface area (Å²) in [6.07, 6.45) is 0. The van der Waals surface area contributed by atoms with Crippen LogP contribution in [0.3, 0.4) is 0 Å². The average molecular weight is 349 g/mol. The fraction of sp³-hybridized carbons (Fsp3) is 0.333. The van der Waals surface area contributed by atoms with E-state index in [0.717, 1.165) is 53.9 Å². The van der Waals surface area contributed by atoms with Gasteiger partial charge in [-0.1, -0.05) is 15.9 Å². The molecule has 0 bridgehead atoms. The van der Waals surface area contributed by atoms with E-state index in [-0.39, 0.29) is 0 Å². The molecule has 1 aliphatic heterocycles. The summed E-state index contributed by atoms with van der Waals surface area (Å²) in [4.78, 5) is 11.3. The van der Waals surface area contributed by atoms with Crippen LogP contribution in [0.5, 0.6) is 0 Å². The van der Waals surface area contributed by atoms with Gasteiger partial charge in [-0.2, -0.15) is 4.98 Å². The first-order valence-corrected chi connectivity index (χ1v) is 7.71. The Morgan fingerprint density at radius 1 is 1.14 bits per heavy atom. The van der Waals surface area contributed by atoms with Gasteiger partial charge in [0.25, 0.3) is 0 Å². The third kappa shape index (κ3) is 3.71. The van der Waals surface area contributed by atoms with E-state index < -0.39 is 0 Å². The van der Waals surface area contributed by atoms with E-state index in [1.807, 2.05) is 37.3 Å². The van der Waals surface area contributed by atoms with Crippen LogP contribution in [0.25, 0.3) is 0 Å². The lowest BCUT2D eigenvalue weighted by Crippen LogP contribution is -2.37. The molecule has 0 amide bonds. The lowest BCUT2D eigenvalue weighted by molar-refractivity contribution is 0.122. The van der Waals surface area contributed by atoms with E-state index in [1.165, 1.54) is 0 Å². The van der Waals surface area contributed by atoms with Crippen molar-refractivity contribution in [1.29, 1.82) is 0 Å². The smallest absolute Gasteiger partial charge is 0.227 e. The number of aryl methyl sites for hydroxylation is 1. The van der Waals surface area contributed by atoms with Crippen LogP contribution >= 0.6 is 15.9 Å². The Kier molecular flexibility index (Phi) is 4.36. The number of morpholine rings is 1. The van der Waals surface area contributed by atoms with Gasteiger partial charge in [-0.15, -0.1) is 0 Å². The van der Waals surface area contributed by atoms with Crippen LogP contribution in [0, 0.1) is 6.92 Å². The zero-order valence-corrected chi connectivity index (χ0v) is 13.4. The van der Waals surface area contributed by atoms with Crippen LogP contribution in [0.15, 0.2) is 34.8 Å². The van der Waals surface area contributed by atoms with Gasteiger partial charge in [-0.05, 0) is 31.2 Å². The standard InChI is InChI=1S/C15H17BrN4O/c1-11-10-14(18-13-4-2-12(16)3-5-13)19-15(17-11)20-6-8-21-9-7-20/h2-5,10H,6-9H2,1H3,(H,17,18,19). The minimum atomic E-state index is 0.729. The molecule has 0 unspecified atom stereocenters. The number of nitrogens with zero attached hydrogens (tertiary/aromatic N) is 3. The third-order valence-corrected chi connectivity index (χ3v) is 3.78. The van der Waals surface area contributed by atoms with Gasteiger partial charge >= 0.3 is 0 Å². The Balaban J connectivity index is 1.81. The highest BCUT2D eigenvalue weighted by Gasteiger charge is 2.15. The molecular formula is C15H17BrN4O. The number of rotatable bonds is 3. The lowest BCUT2D eigenvalue weighted by Gasteiger charge is -2.27. The Morgan fingerprint density at radius 3 is 2.57 bits per heavy atom. The van der Waals surface area contributed by atoms with Crippen molar-refractivity contribution >= 4 is 33.4 Å². The van der Waals surface area contributed by atoms with Crippen molar-refractivity contribution in [2.75, 3.05) is 36.5 Å². The van der Waals surface area contributed by atoms with Gasteiger partial charge in [0, 0.05) is 35.0 Å². The van der Waals surface area contributed by atoms with Crippen LogP contribution < -0.4 is 10.2 Å². The first-order chi connectivity index (χ1) is 10.2. The Bertz CT molecular complexity index is 612. The number of hydrogen-bond acceptors (Lipinski definition) is 5. The Labute approximate surface area is 132 Å². The van der Waals surface area contributed by atoms with Gasteiger partial charge in [0.05, 0.1) is 13.2 Å². The highest BCUT2D eigenvalue weighted by molar-refractivity contribution is 9.10. The van der Waals surface area contributed by atoms with Crippen molar-refractivity contribution in [2.24, 2.45) is 0 Å². The first-order valence-electron chi connectivity index (χ1n) is 6.92. The molecule has 1 aromatic heterocycles. The molecule has 0 saturated carbocycles. The molecule has 0 spiro atoms. The zero-order valence-electron chi connectivity index (χ0n) is 11.8. The topological polar surface area (TPSA) is 50.3 Å².